The summed E-state index contributed by atoms with van der Waals surface area (Å²) in [5.74, 6) is 0. The molecule has 3 N–H and O–H groups in total. The lowest BCUT2D eigenvalue weighted by Gasteiger charge is -2.30. The minimum Gasteiger partial charge on any atom is -0.391 e. The first kappa shape index (κ1) is 16.9. The zero-order valence-corrected chi connectivity index (χ0v) is 13.3. The van der Waals surface area contributed by atoms with Crippen molar-refractivity contribution in [1.82, 2.24) is 4.72 Å². The van der Waals surface area contributed by atoms with Crippen LogP contribution in [0.5, 0.6) is 0 Å². The highest BCUT2D eigenvalue weighted by Crippen LogP contribution is 2.20. The van der Waals surface area contributed by atoms with E-state index in [1.165, 1.54) is 0 Å². The predicted octanol–water partition coefficient (Wildman–Crippen LogP) is 1.95. The number of aliphatic hydroxyl groups is 1. The van der Waals surface area contributed by atoms with Crippen molar-refractivity contribution in [3.8, 4) is 0 Å². The number of hydrogen-bond acceptors (Lipinski definition) is 4. The van der Waals surface area contributed by atoms with E-state index in [-0.39, 0.29) is 4.90 Å². The van der Waals surface area contributed by atoms with Gasteiger partial charge in [0.1, 0.15) is 0 Å². The van der Waals surface area contributed by atoms with Gasteiger partial charge in [-0.1, -0.05) is 6.92 Å². The Hall–Kier alpha value is -1.11. The van der Waals surface area contributed by atoms with Crippen LogP contribution in [-0.2, 0) is 10.0 Å². The third-order valence-corrected chi connectivity index (χ3v) is 4.69. The van der Waals surface area contributed by atoms with E-state index < -0.39 is 21.7 Å². The minimum absolute atomic E-state index is 0.242. The molecule has 0 aliphatic rings. The fraction of sp³-hybridized carbons (Fsp3) is 0.571. The van der Waals surface area contributed by atoms with Crippen LogP contribution in [0.15, 0.2) is 29.2 Å². The predicted molar refractivity (Wildman–Crippen MR) is 81.3 cm³/mol. The summed E-state index contributed by atoms with van der Waals surface area (Å²) in [7, 11) is -3.43. The number of nitrogens with one attached hydrogen (secondary N) is 2. The second-order valence-electron chi connectivity index (χ2n) is 5.44. The lowest BCUT2D eigenvalue weighted by molar-refractivity contribution is 0.133. The number of rotatable bonds is 7. The minimum atomic E-state index is -3.43. The first-order valence-corrected chi connectivity index (χ1v) is 8.23. The monoisotopic (exact) mass is 300 g/mol. The fourth-order valence-corrected chi connectivity index (χ4v) is 2.65. The van der Waals surface area contributed by atoms with E-state index in [1.54, 1.807) is 31.2 Å². The first-order chi connectivity index (χ1) is 9.19. The molecule has 0 aliphatic carbocycles. The Morgan fingerprint density at radius 2 is 1.80 bits per heavy atom. The van der Waals surface area contributed by atoms with Crippen molar-refractivity contribution in [2.24, 2.45) is 0 Å². The fourth-order valence-electron chi connectivity index (χ4n) is 1.51. The van der Waals surface area contributed by atoms with Gasteiger partial charge in [-0.2, -0.15) is 0 Å². The Morgan fingerprint density at radius 1 is 1.25 bits per heavy atom. The van der Waals surface area contributed by atoms with Gasteiger partial charge in [0.2, 0.25) is 10.0 Å². The molecule has 0 saturated carbocycles. The standard InChI is InChI=1S/C14H24N2O3S/c1-5-10-15-20(18,19)13-8-6-12(7-9-13)16-14(3,4)11(2)17/h6-9,11,15-17H,5,10H2,1-4H3. The maximum Gasteiger partial charge on any atom is 0.240 e. The Kier molecular flexibility index (Phi) is 5.56. The summed E-state index contributed by atoms with van der Waals surface area (Å²) < 4.78 is 26.4. The van der Waals surface area contributed by atoms with Gasteiger partial charge in [-0.3, -0.25) is 0 Å². The average Bonchev–Trinajstić information content (AvgIpc) is 2.36. The zero-order valence-electron chi connectivity index (χ0n) is 12.5. The van der Waals surface area contributed by atoms with Crippen LogP contribution in [0.25, 0.3) is 0 Å². The molecule has 0 spiro atoms. The van der Waals surface area contributed by atoms with Gasteiger partial charge >= 0.3 is 0 Å². The lowest BCUT2D eigenvalue weighted by Crippen LogP contribution is -2.41. The largest absolute Gasteiger partial charge is 0.391 e. The van der Waals surface area contributed by atoms with Gasteiger partial charge in [0.25, 0.3) is 0 Å². The van der Waals surface area contributed by atoms with Crippen LogP contribution in [-0.4, -0.2) is 31.7 Å². The lowest BCUT2D eigenvalue weighted by atomic mass is 9.98. The van der Waals surface area contributed by atoms with E-state index in [9.17, 15) is 13.5 Å². The second kappa shape index (κ2) is 6.56. The summed E-state index contributed by atoms with van der Waals surface area (Å²) in [6, 6.07) is 6.51. The number of anilines is 1. The molecule has 1 aromatic carbocycles. The number of hydrogen-bond donors (Lipinski definition) is 3. The molecule has 5 nitrogen and oxygen atoms in total. The SMILES string of the molecule is CCCNS(=O)(=O)c1ccc(NC(C)(C)C(C)O)cc1. The molecule has 1 rings (SSSR count). The first-order valence-electron chi connectivity index (χ1n) is 6.75. The quantitative estimate of drug-likeness (QED) is 0.719. The molecule has 0 saturated heterocycles. The molecule has 0 bridgehead atoms. The molecule has 1 aromatic rings. The molecule has 0 aromatic heterocycles. The number of sulfonamides is 1. The highest BCUT2D eigenvalue weighted by Gasteiger charge is 2.23. The van der Waals surface area contributed by atoms with Crippen molar-refractivity contribution >= 4 is 15.7 Å². The smallest absolute Gasteiger partial charge is 0.240 e. The topological polar surface area (TPSA) is 78.4 Å². The number of aliphatic hydroxyl groups excluding tert-OH is 1. The van der Waals surface area contributed by atoms with Crippen molar-refractivity contribution in [3.63, 3.8) is 0 Å². The van der Waals surface area contributed by atoms with Crippen LogP contribution in [0.1, 0.15) is 34.1 Å². The summed E-state index contributed by atoms with van der Waals surface area (Å²) in [4.78, 5) is 0.242. The van der Waals surface area contributed by atoms with Crippen molar-refractivity contribution in [1.29, 1.82) is 0 Å². The summed E-state index contributed by atoms with van der Waals surface area (Å²) >= 11 is 0. The molecular formula is C14H24N2O3S. The Morgan fingerprint density at radius 3 is 2.25 bits per heavy atom. The van der Waals surface area contributed by atoms with Crippen LogP contribution >= 0.6 is 0 Å². The van der Waals surface area contributed by atoms with E-state index in [1.807, 2.05) is 20.8 Å². The van der Waals surface area contributed by atoms with E-state index in [2.05, 4.69) is 10.0 Å². The van der Waals surface area contributed by atoms with Gasteiger partial charge in [0.05, 0.1) is 16.5 Å². The van der Waals surface area contributed by atoms with E-state index in [4.69, 9.17) is 0 Å². The van der Waals surface area contributed by atoms with E-state index in [0.717, 1.165) is 12.1 Å². The molecule has 0 fully saturated rings. The van der Waals surface area contributed by atoms with E-state index in [0.29, 0.717) is 6.54 Å². The van der Waals surface area contributed by atoms with Crippen molar-refractivity contribution < 1.29 is 13.5 Å². The molecule has 0 heterocycles. The molecule has 0 radical (unpaired) electrons. The maximum atomic E-state index is 11.9. The van der Waals surface area contributed by atoms with E-state index >= 15 is 0 Å². The highest BCUT2D eigenvalue weighted by molar-refractivity contribution is 7.89. The third-order valence-electron chi connectivity index (χ3n) is 3.22. The van der Waals surface area contributed by atoms with Gasteiger partial charge < -0.3 is 10.4 Å². The summed E-state index contributed by atoms with van der Waals surface area (Å²) in [5.41, 5.74) is 0.284. The van der Waals surface area contributed by atoms with Gasteiger partial charge in [-0.15, -0.1) is 0 Å². The van der Waals surface area contributed by atoms with Crippen molar-refractivity contribution in [2.75, 3.05) is 11.9 Å². The Labute approximate surface area is 121 Å². The summed E-state index contributed by atoms with van der Waals surface area (Å²) in [5, 5.41) is 12.8. The zero-order chi connectivity index (χ0) is 15.4. The van der Waals surface area contributed by atoms with Gasteiger partial charge in [-0.05, 0) is 51.5 Å². The molecule has 114 valence electrons. The third kappa shape index (κ3) is 4.47. The molecular weight excluding hydrogens is 276 g/mol. The van der Waals surface area contributed by atoms with Crippen LogP contribution in [0.3, 0.4) is 0 Å². The number of benzene rings is 1. The molecule has 20 heavy (non-hydrogen) atoms. The molecule has 1 atom stereocenters. The van der Waals surface area contributed by atoms with Crippen molar-refractivity contribution in [2.45, 2.75) is 50.7 Å². The summed E-state index contributed by atoms with van der Waals surface area (Å²) in [6.45, 7) is 7.81. The second-order valence-corrected chi connectivity index (χ2v) is 7.21. The van der Waals surface area contributed by atoms with Crippen LogP contribution < -0.4 is 10.0 Å². The highest BCUT2D eigenvalue weighted by atomic mass is 32.2. The molecule has 0 amide bonds. The molecule has 0 aliphatic heterocycles. The van der Waals surface area contributed by atoms with Crippen LogP contribution in [0.2, 0.25) is 0 Å². The van der Waals surface area contributed by atoms with Crippen molar-refractivity contribution in [3.05, 3.63) is 24.3 Å². The van der Waals surface area contributed by atoms with Crippen LogP contribution in [0, 0.1) is 0 Å². The maximum absolute atomic E-state index is 11.9. The molecule has 1 unspecified atom stereocenters. The average molecular weight is 300 g/mol. The Balaban J connectivity index is 2.84. The van der Waals surface area contributed by atoms with Gasteiger partial charge in [-0.25, -0.2) is 13.1 Å². The van der Waals surface area contributed by atoms with Crippen LogP contribution in [0.4, 0.5) is 5.69 Å². The summed E-state index contributed by atoms with van der Waals surface area (Å²) in [6.07, 6.45) is 0.221. The molecule has 6 heteroatoms. The van der Waals surface area contributed by atoms with Gasteiger partial charge in [0.15, 0.2) is 0 Å². The normalized spacial score (nSPS) is 14.1. The Bertz CT molecular complexity index is 522. The van der Waals surface area contributed by atoms with Gasteiger partial charge in [0, 0.05) is 12.2 Å².